The lowest BCUT2D eigenvalue weighted by atomic mass is 10.1. The summed E-state index contributed by atoms with van der Waals surface area (Å²) >= 11 is 0. The summed E-state index contributed by atoms with van der Waals surface area (Å²) in [4.78, 5) is 22.3. The number of likely N-dealkylation sites (tertiary alicyclic amines) is 1. The number of piperidine rings is 1. The molecule has 0 unspecified atom stereocenters. The average molecular weight is 507 g/mol. The zero-order chi connectivity index (χ0) is 19.2. The largest absolute Gasteiger partial charge is 0.366 e. The van der Waals surface area contributed by atoms with E-state index in [9.17, 15) is 13.6 Å². The van der Waals surface area contributed by atoms with E-state index in [4.69, 9.17) is 0 Å². The summed E-state index contributed by atoms with van der Waals surface area (Å²) in [6.07, 6.45) is 3.33. The fourth-order valence-electron chi connectivity index (χ4n) is 3.63. The van der Waals surface area contributed by atoms with Gasteiger partial charge in [0.05, 0.1) is 12.2 Å². The zero-order valence-corrected chi connectivity index (χ0v) is 18.5. The molecule has 28 heavy (non-hydrogen) atoms. The molecule has 6 nitrogen and oxygen atoms in total. The van der Waals surface area contributed by atoms with E-state index in [-0.39, 0.29) is 42.1 Å². The number of rotatable bonds is 3. The van der Waals surface area contributed by atoms with Crippen molar-refractivity contribution in [1.82, 2.24) is 15.1 Å². The molecule has 3 rings (SSSR count). The van der Waals surface area contributed by atoms with Gasteiger partial charge >= 0.3 is 0 Å². The average Bonchev–Trinajstić information content (AvgIpc) is 2.71. The monoisotopic (exact) mass is 507 g/mol. The normalized spacial score (nSPS) is 18.0. The third-order valence-electron chi connectivity index (χ3n) is 5.15. The van der Waals surface area contributed by atoms with E-state index in [1.54, 1.807) is 7.05 Å². The summed E-state index contributed by atoms with van der Waals surface area (Å²) < 4.78 is 27.4. The summed E-state index contributed by atoms with van der Waals surface area (Å²) in [5.74, 6) is -0.0990. The lowest BCUT2D eigenvalue weighted by Crippen LogP contribution is -2.54. The minimum Gasteiger partial charge on any atom is -0.366 e. The highest BCUT2D eigenvalue weighted by Gasteiger charge is 2.23. The molecular weight excluding hydrogens is 479 g/mol. The van der Waals surface area contributed by atoms with Gasteiger partial charge in [0.2, 0.25) is 5.91 Å². The van der Waals surface area contributed by atoms with E-state index in [1.807, 2.05) is 14.7 Å². The van der Waals surface area contributed by atoms with Crippen molar-refractivity contribution >= 4 is 41.5 Å². The molecule has 0 radical (unpaired) electrons. The number of amides is 1. The number of nitrogens with one attached hydrogen (secondary N) is 1. The summed E-state index contributed by atoms with van der Waals surface area (Å²) in [7, 11) is 1.69. The van der Waals surface area contributed by atoms with Crippen molar-refractivity contribution in [2.24, 2.45) is 4.99 Å². The second-order valence-electron chi connectivity index (χ2n) is 6.91. The third kappa shape index (κ3) is 5.68. The molecule has 0 atom stereocenters. The molecule has 0 spiro atoms. The highest BCUT2D eigenvalue weighted by molar-refractivity contribution is 14.0. The van der Waals surface area contributed by atoms with Crippen molar-refractivity contribution in [3.05, 3.63) is 29.8 Å². The molecule has 2 fully saturated rings. The Morgan fingerprint density at radius 2 is 1.71 bits per heavy atom. The predicted octanol–water partition coefficient (Wildman–Crippen LogP) is 2.29. The maximum Gasteiger partial charge on any atom is 0.241 e. The molecule has 9 heteroatoms. The van der Waals surface area contributed by atoms with Crippen LogP contribution in [-0.4, -0.2) is 74.5 Å². The molecule has 1 N–H and O–H groups in total. The first kappa shape index (κ1) is 22.6. The molecule has 0 saturated carbocycles. The van der Waals surface area contributed by atoms with Crippen molar-refractivity contribution < 1.29 is 13.6 Å². The van der Waals surface area contributed by atoms with Gasteiger partial charge in [-0.3, -0.25) is 9.79 Å². The van der Waals surface area contributed by atoms with Crippen LogP contribution in [0.2, 0.25) is 0 Å². The van der Waals surface area contributed by atoms with Gasteiger partial charge in [0.15, 0.2) is 5.96 Å². The van der Waals surface area contributed by atoms with Gasteiger partial charge in [0, 0.05) is 52.4 Å². The molecule has 2 heterocycles. The van der Waals surface area contributed by atoms with Crippen molar-refractivity contribution in [1.29, 1.82) is 0 Å². The van der Waals surface area contributed by atoms with E-state index in [0.717, 1.165) is 38.1 Å². The van der Waals surface area contributed by atoms with Crippen LogP contribution in [0.15, 0.2) is 23.2 Å². The number of piperazine rings is 1. The number of aliphatic imine (C=N–C) groups is 1. The Balaban J connectivity index is 0.00000280. The highest BCUT2D eigenvalue weighted by atomic mass is 127. The molecule has 156 valence electrons. The van der Waals surface area contributed by atoms with Gasteiger partial charge in [-0.05, 0) is 31.4 Å². The predicted molar refractivity (Wildman–Crippen MR) is 117 cm³/mol. The van der Waals surface area contributed by atoms with E-state index >= 15 is 0 Å². The van der Waals surface area contributed by atoms with Gasteiger partial charge in [-0.2, -0.15) is 0 Å². The van der Waals surface area contributed by atoms with Crippen LogP contribution in [0.1, 0.15) is 19.3 Å². The molecule has 2 saturated heterocycles. The number of benzene rings is 1. The minimum absolute atomic E-state index is 0. The molecule has 1 aromatic rings. The lowest BCUT2D eigenvalue weighted by Gasteiger charge is -2.38. The molecule has 0 aromatic heterocycles. The number of anilines is 1. The van der Waals surface area contributed by atoms with Crippen LogP contribution in [0.5, 0.6) is 0 Å². The Morgan fingerprint density at radius 1 is 1.04 bits per heavy atom. The Hall–Kier alpha value is -1.65. The van der Waals surface area contributed by atoms with Crippen molar-refractivity contribution in [3.63, 3.8) is 0 Å². The van der Waals surface area contributed by atoms with E-state index in [2.05, 4.69) is 10.3 Å². The molecule has 1 amide bonds. The maximum atomic E-state index is 14.0. The Labute approximate surface area is 182 Å². The number of guanidine groups is 1. The minimum atomic E-state index is -0.442. The fraction of sp³-hybridized carbons (Fsp3) is 0.579. The Morgan fingerprint density at radius 3 is 2.36 bits per heavy atom. The van der Waals surface area contributed by atoms with Crippen LogP contribution in [0.3, 0.4) is 0 Å². The highest BCUT2D eigenvalue weighted by Crippen LogP contribution is 2.21. The van der Waals surface area contributed by atoms with Gasteiger partial charge in [0.25, 0.3) is 0 Å². The van der Waals surface area contributed by atoms with Crippen LogP contribution in [0.4, 0.5) is 14.5 Å². The summed E-state index contributed by atoms with van der Waals surface area (Å²) in [5, 5.41) is 3.14. The smallest absolute Gasteiger partial charge is 0.241 e. The van der Waals surface area contributed by atoms with Crippen LogP contribution in [0, 0.1) is 11.6 Å². The maximum absolute atomic E-state index is 14.0. The quantitative estimate of drug-likeness (QED) is 0.388. The standard InChI is InChI=1S/C19H27F2N5O.HI/c1-22-19(23-14-18(27)25-7-3-2-4-8-25)26-11-9-24(10-12-26)17-13-15(20)5-6-16(17)21;/h5-6,13H,2-4,7-12,14H2,1H3,(H,22,23);1H. The van der Waals surface area contributed by atoms with Crippen LogP contribution < -0.4 is 10.2 Å². The number of hydrogen-bond donors (Lipinski definition) is 1. The molecule has 2 aliphatic heterocycles. The topological polar surface area (TPSA) is 51.2 Å². The molecule has 0 aliphatic carbocycles. The van der Waals surface area contributed by atoms with Crippen LogP contribution in [0.25, 0.3) is 0 Å². The first-order valence-corrected chi connectivity index (χ1v) is 9.52. The number of carbonyl (C=O) groups excluding carboxylic acids is 1. The molecule has 0 bridgehead atoms. The van der Waals surface area contributed by atoms with E-state index in [1.165, 1.54) is 12.5 Å². The number of halogens is 3. The van der Waals surface area contributed by atoms with E-state index < -0.39 is 11.6 Å². The fourth-order valence-corrected chi connectivity index (χ4v) is 3.63. The molecule has 1 aromatic carbocycles. The van der Waals surface area contributed by atoms with Crippen molar-refractivity contribution in [2.75, 3.05) is 57.8 Å². The number of nitrogens with zero attached hydrogens (tertiary/aromatic N) is 4. The van der Waals surface area contributed by atoms with Gasteiger partial charge in [-0.15, -0.1) is 24.0 Å². The second-order valence-corrected chi connectivity index (χ2v) is 6.91. The summed E-state index contributed by atoms with van der Waals surface area (Å²) in [5.41, 5.74) is 0.290. The van der Waals surface area contributed by atoms with E-state index in [0.29, 0.717) is 32.1 Å². The Kier molecular flexibility index (Phi) is 8.71. The lowest BCUT2D eigenvalue weighted by molar-refractivity contribution is -0.130. The van der Waals surface area contributed by atoms with Crippen LogP contribution >= 0.6 is 24.0 Å². The molecular formula is C19H28F2IN5O. The van der Waals surface area contributed by atoms with Gasteiger partial charge in [-0.1, -0.05) is 0 Å². The van der Waals surface area contributed by atoms with Crippen molar-refractivity contribution in [2.45, 2.75) is 19.3 Å². The van der Waals surface area contributed by atoms with Crippen LogP contribution in [-0.2, 0) is 4.79 Å². The number of carbonyl (C=O) groups is 1. The van der Waals surface area contributed by atoms with Crippen molar-refractivity contribution in [3.8, 4) is 0 Å². The summed E-state index contributed by atoms with van der Waals surface area (Å²) in [6.45, 7) is 4.24. The Bertz CT molecular complexity index is 689. The third-order valence-corrected chi connectivity index (χ3v) is 5.15. The SMILES string of the molecule is CN=C(NCC(=O)N1CCCCC1)N1CCN(c2cc(F)ccc2F)CC1.I. The first-order valence-electron chi connectivity index (χ1n) is 9.52. The van der Waals surface area contributed by atoms with Gasteiger partial charge < -0.3 is 20.0 Å². The second kappa shape index (κ2) is 10.8. The zero-order valence-electron chi connectivity index (χ0n) is 16.2. The first-order chi connectivity index (χ1) is 13.1. The van der Waals surface area contributed by atoms with Gasteiger partial charge in [0.1, 0.15) is 11.6 Å². The summed E-state index contributed by atoms with van der Waals surface area (Å²) in [6, 6.07) is 3.51. The number of hydrogen-bond acceptors (Lipinski definition) is 3. The van der Waals surface area contributed by atoms with Gasteiger partial charge in [-0.25, -0.2) is 8.78 Å². The molecule has 2 aliphatic rings.